The van der Waals surface area contributed by atoms with E-state index in [1.165, 1.54) is 12.1 Å². The van der Waals surface area contributed by atoms with Crippen molar-refractivity contribution in [1.29, 1.82) is 0 Å². The monoisotopic (exact) mass is 325 g/mol. The average molecular weight is 325 g/mol. The fourth-order valence-corrected chi connectivity index (χ4v) is 2.58. The van der Waals surface area contributed by atoms with Gasteiger partial charge in [0.05, 0.1) is 12.4 Å². The normalized spacial score (nSPS) is 13.6. The fraction of sp³-hybridized carbons (Fsp3) is 0.211. The molecule has 2 atom stereocenters. The second-order valence-electron chi connectivity index (χ2n) is 5.76. The SMILES string of the molecule is C[C@@H](NC[C@H](O)c1ccc(F)cc1)c1cccc(-n2ccnc2)c1. The van der Waals surface area contributed by atoms with E-state index in [9.17, 15) is 9.50 Å². The Balaban J connectivity index is 1.63. The number of aliphatic hydroxyl groups is 1. The van der Waals surface area contributed by atoms with Crippen LogP contribution in [0.15, 0.2) is 67.3 Å². The van der Waals surface area contributed by atoms with Crippen molar-refractivity contribution in [3.05, 3.63) is 84.2 Å². The van der Waals surface area contributed by atoms with Gasteiger partial charge >= 0.3 is 0 Å². The molecule has 3 aromatic rings. The van der Waals surface area contributed by atoms with Gasteiger partial charge < -0.3 is 15.0 Å². The van der Waals surface area contributed by atoms with Crippen molar-refractivity contribution < 1.29 is 9.50 Å². The van der Waals surface area contributed by atoms with Crippen molar-refractivity contribution in [3.63, 3.8) is 0 Å². The highest BCUT2D eigenvalue weighted by molar-refractivity contribution is 5.37. The van der Waals surface area contributed by atoms with Crippen LogP contribution in [0.3, 0.4) is 0 Å². The van der Waals surface area contributed by atoms with Gasteiger partial charge in [-0.05, 0) is 42.3 Å². The molecule has 0 spiro atoms. The lowest BCUT2D eigenvalue weighted by molar-refractivity contribution is 0.170. The van der Waals surface area contributed by atoms with Crippen LogP contribution in [0.4, 0.5) is 4.39 Å². The summed E-state index contributed by atoms with van der Waals surface area (Å²) in [7, 11) is 0. The van der Waals surface area contributed by atoms with E-state index in [2.05, 4.69) is 16.4 Å². The Morgan fingerprint density at radius 2 is 1.96 bits per heavy atom. The van der Waals surface area contributed by atoms with Crippen molar-refractivity contribution in [3.8, 4) is 5.69 Å². The Hall–Kier alpha value is -2.50. The zero-order chi connectivity index (χ0) is 16.9. The van der Waals surface area contributed by atoms with Crippen LogP contribution in [-0.2, 0) is 0 Å². The van der Waals surface area contributed by atoms with E-state index in [-0.39, 0.29) is 11.9 Å². The topological polar surface area (TPSA) is 50.1 Å². The number of benzene rings is 2. The third-order valence-corrected chi connectivity index (χ3v) is 4.04. The molecule has 0 radical (unpaired) electrons. The molecule has 2 aromatic carbocycles. The standard InChI is InChI=1S/C19H20FN3O/c1-14(22-12-19(24)15-5-7-17(20)8-6-15)16-3-2-4-18(11-16)23-10-9-21-13-23/h2-11,13-14,19,22,24H,12H2,1H3/t14-,19+/m1/s1. The molecule has 0 aliphatic rings. The summed E-state index contributed by atoms with van der Waals surface area (Å²) in [6.07, 6.45) is 4.73. The molecule has 124 valence electrons. The fourth-order valence-electron chi connectivity index (χ4n) is 2.58. The zero-order valence-electron chi connectivity index (χ0n) is 13.4. The van der Waals surface area contributed by atoms with Crippen molar-refractivity contribution in [2.75, 3.05) is 6.54 Å². The van der Waals surface area contributed by atoms with Crippen LogP contribution in [0.1, 0.15) is 30.2 Å². The van der Waals surface area contributed by atoms with Gasteiger partial charge in [-0.2, -0.15) is 0 Å². The van der Waals surface area contributed by atoms with E-state index in [1.54, 1.807) is 24.7 Å². The molecule has 0 bridgehead atoms. The summed E-state index contributed by atoms with van der Waals surface area (Å²) in [4.78, 5) is 4.06. The van der Waals surface area contributed by atoms with E-state index in [0.29, 0.717) is 12.1 Å². The predicted molar refractivity (Wildman–Crippen MR) is 91.3 cm³/mol. The summed E-state index contributed by atoms with van der Waals surface area (Å²) in [6, 6.07) is 14.1. The van der Waals surface area contributed by atoms with Crippen molar-refractivity contribution >= 4 is 0 Å². The van der Waals surface area contributed by atoms with E-state index >= 15 is 0 Å². The van der Waals surface area contributed by atoms with Crippen LogP contribution < -0.4 is 5.32 Å². The first-order chi connectivity index (χ1) is 11.6. The van der Waals surface area contributed by atoms with Gasteiger partial charge in [0.2, 0.25) is 0 Å². The molecule has 0 saturated carbocycles. The van der Waals surface area contributed by atoms with E-state index < -0.39 is 6.10 Å². The molecule has 0 aliphatic heterocycles. The molecule has 3 rings (SSSR count). The van der Waals surface area contributed by atoms with Gasteiger partial charge in [-0.1, -0.05) is 24.3 Å². The molecule has 0 fully saturated rings. The highest BCUT2D eigenvalue weighted by Crippen LogP contribution is 2.18. The molecule has 5 heteroatoms. The molecule has 0 aliphatic carbocycles. The third-order valence-electron chi connectivity index (χ3n) is 4.04. The number of halogens is 1. The number of nitrogens with one attached hydrogen (secondary N) is 1. The Kier molecular flexibility index (Phi) is 5.03. The quantitative estimate of drug-likeness (QED) is 0.730. The minimum atomic E-state index is -0.676. The first kappa shape index (κ1) is 16.4. The maximum absolute atomic E-state index is 12.9. The minimum absolute atomic E-state index is 0.0727. The first-order valence-electron chi connectivity index (χ1n) is 7.88. The summed E-state index contributed by atoms with van der Waals surface area (Å²) < 4.78 is 14.9. The van der Waals surface area contributed by atoms with Crippen LogP contribution in [0, 0.1) is 5.82 Å². The summed E-state index contributed by atoms with van der Waals surface area (Å²) in [5, 5.41) is 13.5. The average Bonchev–Trinajstić information content (AvgIpc) is 3.15. The molecule has 24 heavy (non-hydrogen) atoms. The van der Waals surface area contributed by atoms with Crippen LogP contribution in [-0.4, -0.2) is 21.2 Å². The van der Waals surface area contributed by atoms with Crippen LogP contribution >= 0.6 is 0 Å². The number of nitrogens with zero attached hydrogens (tertiary/aromatic N) is 2. The van der Waals surface area contributed by atoms with Gasteiger partial charge in [0.15, 0.2) is 0 Å². The molecule has 0 unspecified atom stereocenters. The molecule has 0 saturated heterocycles. The van der Waals surface area contributed by atoms with Crippen molar-refractivity contribution in [1.82, 2.24) is 14.9 Å². The van der Waals surface area contributed by atoms with Crippen molar-refractivity contribution in [2.24, 2.45) is 0 Å². The summed E-state index contributed by atoms with van der Waals surface area (Å²) >= 11 is 0. The molecule has 4 nitrogen and oxygen atoms in total. The highest BCUT2D eigenvalue weighted by atomic mass is 19.1. The lowest BCUT2D eigenvalue weighted by atomic mass is 10.1. The van der Waals surface area contributed by atoms with E-state index in [4.69, 9.17) is 0 Å². The Morgan fingerprint density at radius 1 is 1.17 bits per heavy atom. The molecule has 1 heterocycles. The Labute approximate surface area is 140 Å². The lowest BCUT2D eigenvalue weighted by Gasteiger charge is -2.18. The first-order valence-corrected chi connectivity index (χ1v) is 7.88. The van der Waals surface area contributed by atoms with Crippen LogP contribution in [0.25, 0.3) is 5.69 Å². The van der Waals surface area contributed by atoms with Gasteiger partial charge in [-0.3, -0.25) is 0 Å². The largest absolute Gasteiger partial charge is 0.387 e. The second-order valence-corrected chi connectivity index (χ2v) is 5.76. The Morgan fingerprint density at radius 3 is 2.67 bits per heavy atom. The van der Waals surface area contributed by atoms with Gasteiger partial charge in [-0.25, -0.2) is 9.37 Å². The van der Waals surface area contributed by atoms with Crippen LogP contribution in [0.2, 0.25) is 0 Å². The van der Waals surface area contributed by atoms with Crippen LogP contribution in [0.5, 0.6) is 0 Å². The number of hydrogen-bond donors (Lipinski definition) is 2. The second kappa shape index (κ2) is 7.38. The number of hydrogen-bond acceptors (Lipinski definition) is 3. The van der Waals surface area contributed by atoms with Gasteiger partial charge in [0.1, 0.15) is 5.82 Å². The van der Waals surface area contributed by atoms with E-state index in [0.717, 1.165) is 11.3 Å². The third kappa shape index (κ3) is 3.88. The maximum atomic E-state index is 12.9. The molecular weight excluding hydrogens is 305 g/mol. The smallest absolute Gasteiger partial charge is 0.123 e. The lowest BCUT2D eigenvalue weighted by Crippen LogP contribution is -2.24. The maximum Gasteiger partial charge on any atom is 0.123 e. The summed E-state index contributed by atoms with van der Waals surface area (Å²) in [6.45, 7) is 2.44. The van der Waals surface area contributed by atoms with Gasteiger partial charge in [-0.15, -0.1) is 0 Å². The summed E-state index contributed by atoms with van der Waals surface area (Å²) in [5.41, 5.74) is 2.86. The highest BCUT2D eigenvalue weighted by Gasteiger charge is 2.11. The minimum Gasteiger partial charge on any atom is -0.387 e. The molecule has 0 amide bonds. The number of imidazole rings is 1. The number of aromatic nitrogens is 2. The number of aliphatic hydroxyl groups excluding tert-OH is 1. The van der Waals surface area contributed by atoms with Crippen molar-refractivity contribution in [2.45, 2.75) is 19.1 Å². The number of rotatable bonds is 6. The Bertz CT molecular complexity index is 772. The molecular formula is C19H20FN3O. The van der Waals surface area contributed by atoms with Gasteiger partial charge in [0, 0.05) is 30.7 Å². The molecule has 1 aromatic heterocycles. The summed E-state index contributed by atoms with van der Waals surface area (Å²) in [5.74, 6) is -0.302. The predicted octanol–water partition coefficient (Wildman–Crippen LogP) is 3.40. The zero-order valence-corrected chi connectivity index (χ0v) is 13.4. The van der Waals surface area contributed by atoms with Gasteiger partial charge in [0.25, 0.3) is 0 Å². The van der Waals surface area contributed by atoms with E-state index in [1.807, 2.05) is 35.9 Å². The molecule has 2 N–H and O–H groups in total.